The first-order valence-electron chi connectivity index (χ1n) is 5.25. The number of carbonyl (C=O) groups excluding carboxylic acids is 1. The first-order chi connectivity index (χ1) is 8.56. The minimum absolute atomic E-state index is 0.136. The lowest BCUT2D eigenvalue weighted by atomic mass is 10.2. The van der Waals surface area contributed by atoms with Crippen LogP contribution in [0.5, 0.6) is 0 Å². The summed E-state index contributed by atoms with van der Waals surface area (Å²) in [6.45, 7) is 1.97. The Hall–Kier alpha value is -0.950. The van der Waals surface area contributed by atoms with Crippen molar-refractivity contribution < 1.29 is 4.79 Å². The van der Waals surface area contributed by atoms with Crippen molar-refractivity contribution in [3.63, 3.8) is 0 Å². The van der Waals surface area contributed by atoms with Gasteiger partial charge in [0.05, 0.1) is 0 Å². The van der Waals surface area contributed by atoms with E-state index in [1.54, 1.807) is 18.3 Å². The molecule has 18 heavy (non-hydrogen) atoms. The van der Waals surface area contributed by atoms with E-state index in [1.807, 2.05) is 25.1 Å². The van der Waals surface area contributed by atoms with E-state index in [4.69, 9.17) is 0 Å². The fourth-order valence-corrected chi connectivity index (χ4v) is 2.32. The van der Waals surface area contributed by atoms with Crippen LogP contribution in [0.2, 0.25) is 0 Å². The van der Waals surface area contributed by atoms with Gasteiger partial charge in [-0.2, -0.15) is 0 Å². The molecule has 5 heteroatoms. The molecule has 0 aliphatic rings. The second-order valence-electron chi connectivity index (χ2n) is 3.78. The van der Waals surface area contributed by atoms with Gasteiger partial charge in [0.15, 0.2) is 0 Å². The second kappa shape index (κ2) is 5.79. The van der Waals surface area contributed by atoms with Crippen LogP contribution in [0.15, 0.2) is 41.1 Å². The lowest BCUT2D eigenvalue weighted by Crippen LogP contribution is -2.13. The molecule has 0 fully saturated rings. The zero-order valence-corrected chi connectivity index (χ0v) is 13.3. The van der Waals surface area contributed by atoms with E-state index in [9.17, 15) is 4.79 Å². The third-order valence-electron chi connectivity index (χ3n) is 2.44. The molecule has 1 amide bonds. The predicted molar refractivity (Wildman–Crippen MR) is 83.8 cm³/mol. The molecule has 0 bridgehead atoms. The number of benzene rings is 1. The molecule has 92 valence electrons. The van der Waals surface area contributed by atoms with Gasteiger partial charge in [-0.05, 0) is 75.3 Å². The minimum Gasteiger partial charge on any atom is -0.322 e. The van der Waals surface area contributed by atoms with E-state index in [1.165, 1.54) is 0 Å². The SMILES string of the molecule is Cc1ccc(I)cc1NC(=O)c1ccnc(Br)c1. The molecule has 0 unspecified atom stereocenters. The van der Waals surface area contributed by atoms with E-state index in [0.717, 1.165) is 14.8 Å². The summed E-state index contributed by atoms with van der Waals surface area (Å²) >= 11 is 5.47. The van der Waals surface area contributed by atoms with Crippen molar-refractivity contribution in [2.45, 2.75) is 6.92 Å². The summed E-state index contributed by atoms with van der Waals surface area (Å²) in [4.78, 5) is 16.1. The monoisotopic (exact) mass is 416 g/mol. The molecule has 2 aromatic rings. The quantitative estimate of drug-likeness (QED) is 0.593. The van der Waals surface area contributed by atoms with E-state index in [0.29, 0.717) is 10.2 Å². The number of halogens is 2. The molecule has 1 aromatic heterocycles. The van der Waals surface area contributed by atoms with Gasteiger partial charge in [-0.15, -0.1) is 0 Å². The summed E-state index contributed by atoms with van der Waals surface area (Å²) in [5.74, 6) is -0.136. The van der Waals surface area contributed by atoms with Gasteiger partial charge in [0.1, 0.15) is 4.60 Å². The molecule has 1 heterocycles. The standard InChI is InChI=1S/C13H10BrIN2O/c1-8-2-3-10(15)7-11(8)17-13(18)9-4-5-16-12(14)6-9/h2-7H,1H3,(H,17,18). The number of aromatic nitrogens is 1. The van der Waals surface area contributed by atoms with Gasteiger partial charge in [-0.25, -0.2) is 4.98 Å². The van der Waals surface area contributed by atoms with Gasteiger partial charge in [-0.3, -0.25) is 4.79 Å². The average Bonchev–Trinajstić information content (AvgIpc) is 2.34. The summed E-state index contributed by atoms with van der Waals surface area (Å²) in [6, 6.07) is 9.32. The molecule has 2 rings (SSSR count). The topological polar surface area (TPSA) is 42.0 Å². The number of hydrogen-bond acceptors (Lipinski definition) is 2. The Balaban J connectivity index is 2.24. The largest absolute Gasteiger partial charge is 0.322 e. The molecule has 0 aliphatic carbocycles. The first-order valence-corrected chi connectivity index (χ1v) is 7.12. The molecule has 3 nitrogen and oxygen atoms in total. The maximum absolute atomic E-state index is 12.1. The van der Waals surface area contributed by atoms with Crippen LogP contribution in [-0.4, -0.2) is 10.9 Å². The lowest BCUT2D eigenvalue weighted by Gasteiger charge is -2.09. The fraction of sp³-hybridized carbons (Fsp3) is 0.0769. The van der Waals surface area contributed by atoms with Crippen molar-refractivity contribution in [3.05, 3.63) is 55.8 Å². The molecule has 0 saturated heterocycles. The van der Waals surface area contributed by atoms with Crippen LogP contribution in [0.4, 0.5) is 5.69 Å². The number of nitrogens with one attached hydrogen (secondary N) is 1. The zero-order chi connectivity index (χ0) is 13.1. The molecule has 0 radical (unpaired) electrons. The van der Waals surface area contributed by atoms with Crippen LogP contribution in [0.1, 0.15) is 15.9 Å². The smallest absolute Gasteiger partial charge is 0.255 e. The number of carbonyl (C=O) groups is 1. The highest BCUT2D eigenvalue weighted by Gasteiger charge is 2.08. The van der Waals surface area contributed by atoms with Gasteiger partial charge in [0, 0.05) is 21.0 Å². The Morgan fingerprint density at radius 2 is 2.11 bits per heavy atom. The zero-order valence-electron chi connectivity index (χ0n) is 9.58. The maximum atomic E-state index is 12.1. The Labute approximate surface area is 127 Å². The van der Waals surface area contributed by atoms with E-state index in [2.05, 4.69) is 48.8 Å². The summed E-state index contributed by atoms with van der Waals surface area (Å²) in [7, 11) is 0. The molecule has 0 aliphatic heterocycles. The number of anilines is 1. The first kappa shape index (κ1) is 13.5. The highest BCUT2D eigenvalue weighted by atomic mass is 127. The second-order valence-corrected chi connectivity index (χ2v) is 5.84. The Morgan fingerprint density at radius 1 is 1.33 bits per heavy atom. The van der Waals surface area contributed by atoms with Crippen LogP contribution in [0.3, 0.4) is 0 Å². The van der Waals surface area contributed by atoms with Crippen molar-refractivity contribution >= 4 is 50.1 Å². The molecule has 0 spiro atoms. The lowest BCUT2D eigenvalue weighted by molar-refractivity contribution is 0.102. The molecule has 1 N–H and O–H groups in total. The van der Waals surface area contributed by atoms with Crippen molar-refractivity contribution in [1.82, 2.24) is 4.98 Å². The Morgan fingerprint density at radius 3 is 2.83 bits per heavy atom. The predicted octanol–water partition coefficient (Wildman–Crippen LogP) is 4.01. The van der Waals surface area contributed by atoms with Crippen molar-refractivity contribution in [2.75, 3.05) is 5.32 Å². The van der Waals surface area contributed by atoms with Gasteiger partial charge in [0.25, 0.3) is 5.91 Å². The normalized spacial score (nSPS) is 10.2. The average molecular weight is 417 g/mol. The van der Waals surface area contributed by atoms with Gasteiger partial charge < -0.3 is 5.32 Å². The molecular weight excluding hydrogens is 407 g/mol. The highest BCUT2D eigenvalue weighted by Crippen LogP contribution is 2.19. The molecule has 0 saturated carbocycles. The number of aryl methyl sites for hydroxylation is 1. The summed E-state index contributed by atoms with van der Waals surface area (Å²) in [5.41, 5.74) is 2.45. The summed E-state index contributed by atoms with van der Waals surface area (Å²) in [5, 5.41) is 2.90. The Kier molecular flexibility index (Phi) is 4.34. The van der Waals surface area contributed by atoms with Gasteiger partial charge in [0.2, 0.25) is 0 Å². The van der Waals surface area contributed by atoms with Crippen LogP contribution >= 0.6 is 38.5 Å². The van der Waals surface area contributed by atoms with E-state index >= 15 is 0 Å². The maximum Gasteiger partial charge on any atom is 0.255 e. The number of nitrogens with zero attached hydrogens (tertiary/aromatic N) is 1. The minimum atomic E-state index is -0.136. The fourth-order valence-electron chi connectivity index (χ4n) is 1.47. The van der Waals surface area contributed by atoms with Crippen molar-refractivity contribution in [1.29, 1.82) is 0 Å². The number of amides is 1. The molecular formula is C13H10BrIN2O. The van der Waals surface area contributed by atoms with Crippen LogP contribution in [0, 0.1) is 10.5 Å². The number of pyridine rings is 1. The van der Waals surface area contributed by atoms with E-state index in [-0.39, 0.29) is 5.91 Å². The number of rotatable bonds is 2. The van der Waals surface area contributed by atoms with Crippen molar-refractivity contribution in [3.8, 4) is 0 Å². The van der Waals surface area contributed by atoms with Crippen LogP contribution in [0.25, 0.3) is 0 Å². The highest BCUT2D eigenvalue weighted by molar-refractivity contribution is 14.1. The van der Waals surface area contributed by atoms with Crippen LogP contribution in [-0.2, 0) is 0 Å². The van der Waals surface area contributed by atoms with Gasteiger partial charge >= 0.3 is 0 Å². The van der Waals surface area contributed by atoms with Crippen molar-refractivity contribution in [2.24, 2.45) is 0 Å². The van der Waals surface area contributed by atoms with E-state index < -0.39 is 0 Å². The summed E-state index contributed by atoms with van der Waals surface area (Å²) < 4.78 is 1.74. The number of hydrogen-bond donors (Lipinski definition) is 1. The van der Waals surface area contributed by atoms with Gasteiger partial charge in [-0.1, -0.05) is 6.07 Å². The Bertz CT molecular complexity index is 601. The van der Waals surface area contributed by atoms with Crippen LogP contribution < -0.4 is 5.32 Å². The summed E-state index contributed by atoms with van der Waals surface area (Å²) in [6.07, 6.45) is 1.60. The molecule has 0 atom stereocenters. The molecule has 1 aromatic carbocycles. The third kappa shape index (κ3) is 3.29. The third-order valence-corrected chi connectivity index (χ3v) is 3.54.